The Bertz CT molecular complexity index is 792. The van der Waals surface area contributed by atoms with Crippen molar-refractivity contribution in [2.75, 3.05) is 11.1 Å². The molecule has 0 atom stereocenters. The van der Waals surface area contributed by atoms with Crippen LogP contribution in [0, 0.1) is 0 Å². The van der Waals surface area contributed by atoms with Crippen LogP contribution in [0.2, 0.25) is 0 Å². The summed E-state index contributed by atoms with van der Waals surface area (Å²) >= 11 is 1.40. The van der Waals surface area contributed by atoms with Gasteiger partial charge >= 0.3 is 0 Å². The lowest BCUT2D eigenvalue weighted by Crippen LogP contribution is -2.36. The summed E-state index contributed by atoms with van der Waals surface area (Å²) in [5.74, 6) is -0.349. The highest BCUT2D eigenvalue weighted by Gasteiger charge is 2.19. The minimum atomic E-state index is -0.273. The van der Waals surface area contributed by atoms with Crippen LogP contribution in [0.4, 0.5) is 5.69 Å². The van der Waals surface area contributed by atoms with E-state index in [0.717, 1.165) is 30.6 Å². The lowest BCUT2D eigenvalue weighted by atomic mass is 9.95. The number of carbonyl (C=O) groups excluding carboxylic acids is 2. The number of hydrogen-bond acceptors (Lipinski definition) is 5. The van der Waals surface area contributed by atoms with Gasteiger partial charge in [0.25, 0.3) is 5.91 Å². The number of aromatic hydroxyl groups is 1. The first-order chi connectivity index (χ1) is 13.1. The van der Waals surface area contributed by atoms with Gasteiger partial charge in [-0.3, -0.25) is 14.6 Å². The van der Waals surface area contributed by atoms with Gasteiger partial charge in [-0.05, 0) is 37.1 Å². The molecule has 0 radical (unpaired) electrons. The van der Waals surface area contributed by atoms with E-state index in [1.165, 1.54) is 24.2 Å². The van der Waals surface area contributed by atoms with Crippen LogP contribution in [0.3, 0.4) is 0 Å². The zero-order valence-corrected chi connectivity index (χ0v) is 15.8. The standard InChI is InChI=1S/C20H23N3O3S/c24-18-12-15(22-19(25)13-27-16-8-10-21-11-9-16)6-7-17(18)20(26)23-14-4-2-1-3-5-14/h6-12,14,24H,1-5,13H2,(H,22,25)(H,23,26). The molecule has 3 N–H and O–H groups in total. The normalized spacial score (nSPS) is 14.5. The SMILES string of the molecule is O=C(CSc1ccncc1)Nc1ccc(C(=O)NC2CCCCC2)c(O)c1. The zero-order valence-electron chi connectivity index (χ0n) is 15.0. The molecule has 0 aliphatic heterocycles. The van der Waals surface area contributed by atoms with Crippen LogP contribution >= 0.6 is 11.8 Å². The van der Waals surface area contributed by atoms with Gasteiger partial charge in [0.05, 0.1) is 11.3 Å². The molecular formula is C20H23N3O3S. The Morgan fingerprint density at radius 1 is 1.11 bits per heavy atom. The van der Waals surface area contributed by atoms with Gasteiger partial charge in [-0.15, -0.1) is 11.8 Å². The van der Waals surface area contributed by atoms with Crippen LogP contribution in [-0.4, -0.2) is 33.7 Å². The third-order valence-corrected chi connectivity index (χ3v) is 5.50. The topological polar surface area (TPSA) is 91.3 Å². The van der Waals surface area contributed by atoms with Crippen LogP contribution in [0.25, 0.3) is 0 Å². The lowest BCUT2D eigenvalue weighted by Gasteiger charge is -2.23. The number of nitrogens with one attached hydrogen (secondary N) is 2. The summed E-state index contributed by atoms with van der Waals surface area (Å²) in [6.45, 7) is 0. The number of rotatable bonds is 6. The summed E-state index contributed by atoms with van der Waals surface area (Å²) in [5, 5.41) is 15.9. The highest BCUT2D eigenvalue weighted by molar-refractivity contribution is 8.00. The fourth-order valence-corrected chi connectivity index (χ4v) is 3.78. The van der Waals surface area contributed by atoms with Crippen LogP contribution in [0.1, 0.15) is 42.5 Å². The van der Waals surface area contributed by atoms with Gasteiger partial charge in [0, 0.05) is 35.1 Å². The van der Waals surface area contributed by atoms with E-state index in [2.05, 4.69) is 15.6 Å². The Morgan fingerprint density at radius 2 is 1.85 bits per heavy atom. The fraction of sp³-hybridized carbons (Fsp3) is 0.350. The first-order valence-corrected chi connectivity index (χ1v) is 10.1. The Balaban J connectivity index is 1.54. The summed E-state index contributed by atoms with van der Waals surface area (Å²) in [6.07, 6.45) is 8.78. The molecule has 1 heterocycles. The Morgan fingerprint density at radius 3 is 2.56 bits per heavy atom. The summed E-state index contributed by atoms with van der Waals surface area (Å²) in [7, 11) is 0. The maximum Gasteiger partial charge on any atom is 0.255 e. The molecule has 0 unspecified atom stereocenters. The molecule has 27 heavy (non-hydrogen) atoms. The van der Waals surface area contributed by atoms with Crippen LogP contribution in [0.15, 0.2) is 47.6 Å². The summed E-state index contributed by atoms with van der Waals surface area (Å²) in [5.41, 5.74) is 0.687. The molecule has 2 aromatic rings. The van der Waals surface area contributed by atoms with Gasteiger partial charge in [-0.25, -0.2) is 0 Å². The van der Waals surface area contributed by atoms with Crippen molar-refractivity contribution >= 4 is 29.3 Å². The number of benzene rings is 1. The molecule has 1 fully saturated rings. The predicted octanol–water partition coefficient (Wildman–Crippen LogP) is 3.58. The molecule has 0 spiro atoms. The predicted molar refractivity (Wildman–Crippen MR) is 106 cm³/mol. The molecule has 6 nitrogen and oxygen atoms in total. The number of carbonyl (C=O) groups is 2. The number of pyridine rings is 1. The Labute approximate surface area is 162 Å². The number of amides is 2. The third-order valence-electron chi connectivity index (χ3n) is 4.49. The van der Waals surface area contributed by atoms with Crippen molar-refractivity contribution in [2.45, 2.75) is 43.0 Å². The summed E-state index contributed by atoms with van der Waals surface area (Å²) in [4.78, 5) is 29.3. The molecular weight excluding hydrogens is 362 g/mol. The number of hydrogen-bond donors (Lipinski definition) is 3. The number of phenols is 1. The monoisotopic (exact) mass is 385 g/mol. The van der Waals surface area contributed by atoms with E-state index in [-0.39, 0.29) is 34.9 Å². The number of phenolic OH excluding ortho intramolecular Hbond substituents is 1. The maximum atomic E-state index is 12.4. The first-order valence-electron chi connectivity index (χ1n) is 9.08. The molecule has 0 saturated heterocycles. The summed E-state index contributed by atoms with van der Waals surface area (Å²) in [6, 6.07) is 8.43. The average Bonchev–Trinajstić information content (AvgIpc) is 2.68. The molecule has 1 aromatic carbocycles. The number of aromatic nitrogens is 1. The molecule has 1 aliphatic rings. The molecule has 2 amide bonds. The highest BCUT2D eigenvalue weighted by atomic mass is 32.2. The van der Waals surface area contributed by atoms with Gasteiger partial charge in [0.1, 0.15) is 5.75 Å². The minimum absolute atomic E-state index is 0.136. The van der Waals surface area contributed by atoms with Crippen LogP contribution in [0.5, 0.6) is 5.75 Å². The van der Waals surface area contributed by atoms with Crippen molar-refractivity contribution in [3.63, 3.8) is 0 Å². The molecule has 7 heteroatoms. The average molecular weight is 385 g/mol. The quantitative estimate of drug-likeness (QED) is 0.661. The third kappa shape index (κ3) is 5.72. The molecule has 3 rings (SSSR count). The van der Waals surface area contributed by atoms with Gasteiger partial charge in [-0.2, -0.15) is 0 Å². The Kier molecular flexibility index (Phi) is 6.70. The van der Waals surface area contributed by atoms with Crippen molar-refractivity contribution in [2.24, 2.45) is 0 Å². The molecule has 1 saturated carbocycles. The van der Waals surface area contributed by atoms with Crippen molar-refractivity contribution in [3.8, 4) is 5.75 Å². The van der Waals surface area contributed by atoms with E-state index in [1.54, 1.807) is 24.5 Å². The molecule has 142 valence electrons. The summed E-state index contributed by atoms with van der Waals surface area (Å²) < 4.78 is 0. The highest BCUT2D eigenvalue weighted by Crippen LogP contribution is 2.24. The Hall–Kier alpha value is -2.54. The van der Waals surface area contributed by atoms with Gasteiger partial charge in [0.2, 0.25) is 5.91 Å². The lowest BCUT2D eigenvalue weighted by molar-refractivity contribution is -0.113. The second-order valence-electron chi connectivity index (χ2n) is 6.56. The molecule has 1 aliphatic carbocycles. The smallest absolute Gasteiger partial charge is 0.255 e. The number of anilines is 1. The van der Waals surface area contributed by atoms with Crippen molar-refractivity contribution in [1.82, 2.24) is 10.3 Å². The second kappa shape index (κ2) is 9.41. The van der Waals surface area contributed by atoms with E-state index in [0.29, 0.717) is 5.69 Å². The van der Waals surface area contributed by atoms with E-state index in [4.69, 9.17) is 0 Å². The van der Waals surface area contributed by atoms with Crippen molar-refractivity contribution in [1.29, 1.82) is 0 Å². The van der Waals surface area contributed by atoms with E-state index < -0.39 is 0 Å². The van der Waals surface area contributed by atoms with E-state index in [1.807, 2.05) is 12.1 Å². The van der Waals surface area contributed by atoms with Gasteiger partial charge in [-0.1, -0.05) is 19.3 Å². The maximum absolute atomic E-state index is 12.4. The largest absolute Gasteiger partial charge is 0.507 e. The first kappa shape index (κ1) is 19.2. The van der Waals surface area contributed by atoms with Crippen molar-refractivity contribution in [3.05, 3.63) is 48.3 Å². The number of nitrogens with zero attached hydrogens (tertiary/aromatic N) is 1. The van der Waals surface area contributed by atoms with Crippen molar-refractivity contribution < 1.29 is 14.7 Å². The van der Waals surface area contributed by atoms with Gasteiger partial charge < -0.3 is 15.7 Å². The van der Waals surface area contributed by atoms with Crippen LogP contribution < -0.4 is 10.6 Å². The number of thioether (sulfide) groups is 1. The molecule has 0 bridgehead atoms. The molecule has 1 aromatic heterocycles. The van der Waals surface area contributed by atoms with E-state index >= 15 is 0 Å². The van der Waals surface area contributed by atoms with Crippen LogP contribution in [-0.2, 0) is 4.79 Å². The van der Waals surface area contributed by atoms with E-state index in [9.17, 15) is 14.7 Å². The zero-order chi connectivity index (χ0) is 19.1. The fourth-order valence-electron chi connectivity index (χ4n) is 3.09. The van der Waals surface area contributed by atoms with Gasteiger partial charge in [0.15, 0.2) is 0 Å². The second-order valence-corrected chi connectivity index (χ2v) is 7.61. The minimum Gasteiger partial charge on any atom is -0.507 e.